The molecule has 0 amide bonds. The van der Waals surface area contributed by atoms with Crippen molar-refractivity contribution in [3.05, 3.63) is 12.0 Å². The summed E-state index contributed by atoms with van der Waals surface area (Å²) in [6.45, 7) is 1.92. The third-order valence-electron chi connectivity index (χ3n) is 1.28. The fraction of sp³-hybridized carbons (Fsp3) is 0.600. The van der Waals surface area contributed by atoms with Crippen LogP contribution in [0.4, 0.5) is 4.39 Å². The van der Waals surface area contributed by atoms with Gasteiger partial charge in [0.05, 0.1) is 0 Å². The number of nitrogens with one attached hydrogen (secondary N) is 1. The van der Waals surface area contributed by atoms with Gasteiger partial charge in [0.25, 0.3) is 0 Å². The first-order valence-electron chi connectivity index (χ1n) is 2.57. The monoisotopic (exact) mass is 116 g/mol. The van der Waals surface area contributed by atoms with Crippen LogP contribution < -0.4 is 5.43 Å². The molecular weight excluding hydrogens is 107 g/mol. The van der Waals surface area contributed by atoms with E-state index in [4.69, 9.17) is 0 Å². The largest absolute Gasteiger partial charge is 0.295 e. The van der Waals surface area contributed by atoms with E-state index in [1.807, 2.05) is 6.92 Å². The van der Waals surface area contributed by atoms with E-state index in [0.717, 1.165) is 0 Å². The Labute approximate surface area is 47.9 Å². The molecular formula is C5H9FN2. The molecule has 1 rings (SSSR count). The molecule has 0 saturated heterocycles. The molecule has 8 heavy (non-hydrogen) atoms. The average Bonchev–Trinajstić information content (AvgIpc) is 1.85. The maximum atomic E-state index is 12.1. The van der Waals surface area contributed by atoms with Crippen LogP contribution in [0.3, 0.4) is 0 Å². The Bertz CT molecular complexity index is 122. The van der Waals surface area contributed by atoms with Gasteiger partial charge in [-0.05, 0) is 13.0 Å². The molecule has 0 aromatic carbocycles. The Hall–Kier alpha value is -0.570. The van der Waals surface area contributed by atoms with E-state index in [1.165, 1.54) is 6.08 Å². The highest BCUT2D eigenvalue weighted by Crippen LogP contribution is 2.07. The number of likely N-dealkylation sites (N-methyl/N-ethyl adjacent to an activating group) is 1. The predicted octanol–water partition coefficient (Wildman–Crippen LogP) is 0.636. The van der Waals surface area contributed by atoms with Crippen molar-refractivity contribution in [2.45, 2.75) is 13.0 Å². The topological polar surface area (TPSA) is 15.3 Å². The standard InChI is InChI=1S/C5H9FN2/c1-4-3-5(6)7-8(4)2/h3-4,7H,1-2H3. The molecule has 0 fully saturated rings. The number of hydrogen-bond acceptors (Lipinski definition) is 2. The number of rotatable bonds is 0. The van der Waals surface area contributed by atoms with Crippen molar-refractivity contribution >= 4 is 0 Å². The quantitative estimate of drug-likeness (QED) is 0.467. The third kappa shape index (κ3) is 0.816. The Kier molecular flexibility index (Phi) is 1.21. The SMILES string of the molecule is CC1C=C(F)NN1C. The normalized spacial score (nSPS) is 29.9. The van der Waals surface area contributed by atoms with E-state index in [2.05, 4.69) is 5.43 Å². The van der Waals surface area contributed by atoms with Crippen LogP contribution >= 0.6 is 0 Å². The highest BCUT2D eigenvalue weighted by atomic mass is 19.1. The Morgan fingerprint density at radius 3 is 2.62 bits per heavy atom. The van der Waals surface area contributed by atoms with Gasteiger partial charge in [0.1, 0.15) is 0 Å². The molecule has 1 atom stereocenters. The van der Waals surface area contributed by atoms with Crippen molar-refractivity contribution in [3.63, 3.8) is 0 Å². The Morgan fingerprint density at radius 1 is 1.88 bits per heavy atom. The van der Waals surface area contributed by atoms with Gasteiger partial charge in [-0.15, -0.1) is 0 Å². The number of nitrogens with zero attached hydrogens (tertiary/aromatic N) is 1. The zero-order chi connectivity index (χ0) is 6.15. The molecule has 1 unspecified atom stereocenters. The van der Waals surface area contributed by atoms with E-state index in [-0.39, 0.29) is 12.0 Å². The van der Waals surface area contributed by atoms with Gasteiger partial charge in [-0.2, -0.15) is 4.39 Å². The van der Waals surface area contributed by atoms with Crippen LogP contribution in [0.2, 0.25) is 0 Å². The van der Waals surface area contributed by atoms with Gasteiger partial charge in [-0.1, -0.05) is 0 Å². The molecule has 0 saturated carbocycles. The van der Waals surface area contributed by atoms with Gasteiger partial charge in [0.15, 0.2) is 5.95 Å². The third-order valence-corrected chi connectivity index (χ3v) is 1.28. The van der Waals surface area contributed by atoms with Crippen molar-refractivity contribution in [1.82, 2.24) is 10.4 Å². The summed E-state index contributed by atoms with van der Waals surface area (Å²) in [5, 5.41) is 1.70. The fourth-order valence-corrected chi connectivity index (χ4v) is 0.631. The summed E-state index contributed by atoms with van der Waals surface area (Å²) < 4.78 is 12.1. The van der Waals surface area contributed by atoms with Gasteiger partial charge in [-0.25, -0.2) is 5.01 Å². The summed E-state index contributed by atoms with van der Waals surface area (Å²) in [5.74, 6) is -0.250. The van der Waals surface area contributed by atoms with E-state index < -0.39 is 0 Å². The van der Waals surface area contributed by atoms with Crippen LogP contribution in [-0.2, 0) is 0 Å². The van der Waals surface area contributed by atoms with Crippen molar-refractivity contribution in [2.24, 2.45) is 0 Å². The second-order valence-corrected chi connectivity index (χ2v) is 1.98. The maximum Gasteiger partial charge on any atom is 0.199 e. The van der Waals surface area contributed by atoms with Crippen LogP contribution in [0.25, 0.3) is 0 Å². The highest BCUT2D eigenvalue weighted by Gasteiger charge is 2.14. The molecule has 1 aliphatic heterocycles. The van der Waals surface area contributed by atoms with Crippen molar-refractivity contribution in [3.8, 4) is 0 Å². The summed E-state index contributed by atoms with van der Waals surface area (Å²) in [6.07, 6.45) is 1.53. The van der Waals surface area contributed by atoms with Gasteiger partial charge in [0.2, 0.25) is 0 Å². The van der Waals surface area contributed by atoms with Crippen LogP contribution in [0.1, 0.15) is 6.92 Å². The molecule has 0 aromatic rings. The zero-order valence-corrected chi connectivity index (χ0v) is 4.98. The zero-order valence-electron chi connectivity index (χ0n) is 4.98. The minimum absolute atomic E-state index is 0.176. The molecule has 1 aliphatic rings. The fourth-order valence-electron chi connectivity index (χ4n) is 0.631. The summed E-state index contributed by atoms with van der Waals surface area (Å²) in [4.78, 5) is 0. The van der Waals surface area contributed by atoms with Gasteiger partial charge >= 0.3 is 0 Å². The minimum Gasteiger partial charge on any atom is -0.295 e. The van der Waals surface area contributed by atoms with Gasteiger partial charge in [0, 0.05) is 13.1 Å². The lowest BCUT2D eigenvalue weighted by molar-refractivity contribution is 0.242. The van der Waals surface area contributed by atoms with Crippen LogP contribution in [-0.4, -0.2) is 18.1 Å². The summed E-state index contributed by atoms with van der Waals surface area (Å²) in [5.41, 5.74) is 2.49. The van der Waals surface area contributed by atoms with E-state index in [0.29, 0.717) is 0 Å². The first-order chi connectivity index (χ1) is 3.70. The molecule has 1 N–H and O–H groups in total. The van der Waals surface area contributed by atoms with Crippen molar-refractivity contribution in [2.75, 3.05) is 7.05 Å². The number of halogens is 1. The van der Waals surface area contributed by atoms with Gasteiger partial charge < -0.3 is 0 Å². The van der Waals surface area contributed by atoms with Gasteiger partial charge in [-0.3, -0.25) is 5.43 Å². The van der Waals surface area contributed by atoms with E-state index >= 15 is 0 Å². The summed E-state index contributed by atoms with van der Waals surface area (Å²) in [7, 11) is 1.80. The van der Waals surface area contributed by atoms with Crippen LogP contribution in [0.5, 0.6) is 0 Å². The first kappa shape index (κ1) is 5.56. The molecule has 0 bridgehead atoms. The maximum absolute atomic E-state index is 12.1. The molecule has 46 valence electrons. The molecule has 0 aromatic heterocycles. The number of hydrazine groups is 1. The molecule has 0 aliphatic carbocycles. The Balaban J connectivity index is 2.56. The van der Waals surface area contributed by atoms with Crippen molar-refractivity contribution in [1.29, 1.82) is 0 Å². The lowest BCUT2D eigenvalue weighted by Gasteiger charge is -2.13. The number of hydrogen-bond donors (Lipinski definition) is 1. The summed E-state index contributed by atoms with van der Waals surface area (Å²) >= 11 is 0. The molecule has 0 spiro atoms. The second-order valence-electron chi connectivity index (χ2n) is 1.98. The predicted molar refractivity (Wildman–Crippen MR) is 29.6 cm³/mol. The summed E-state index contributed by atoms with van der Waals surface area (Å²) in [6, 6.07) is 0.176. The smallest absolute Gasteiger partial charge is 0.199 e. The van der Waals surface area contributed by atoms with E-state index in [9.17, 15) is 4.39 Å². The molecule has 3 heteroatoms. The first-order valence-corrected chi connectivity index (χ1v) is 2.57. The molecule has 2 nitrogen and oxygen atoms in total. The second kappa shape index (κ2) is 1.74. The highest BCUT2D eigenvalue weighted by molar-refractivity contribution is 5.01. The lowest BCUT2D eigenvalue weighted by atomic mass is 10.3. The average molecular weight is 116 g/mol. The van der Waals surface area contributed by atoms with Crippen molar-refractivity contribution < 1.29 is 4.39 Å². The minimum atomic E-state index is -0.250. The molecule has 1 heterocycles. The Morgan fingerprint density at radius 2 is 2.50 bits per heavy atom. The molecule has 0 radical (unpaired) electrons. The van der Waals surface area contributed by atoms with Crippen LogP contribution in [0, 0.1) is 0 Å². The van der Waals surface area contributed by atoms with Crippen LogP contribution in [0.15, 0.2) is 12.0 Å². The van der Waals surface area contributed by atoms with E-state index in [1.54, 1.807) is 12.1 Å². The lowest BCUT2D eigenvalue weighted by Crippen LogP contribution is -2.32.